The molecule has 0 radical (unpaired) electrons. The quantitative estimate of drug-likeness (QED) is 0.728. The Hall–Kier alpha value is -2.53. The van der Waals surface area contributed by atoms with Crippen molar-refractivity contribution in [1.29, 1.82) is 0 Å². The first-order chi connectivity index (χ1) is 10.2. The zero-order chi connectivity index (χ0) is 14.7. The number of phenolic OH excluding ortho intramolecular Hbond substituents is 1. The van der Waals surface area contributed by atoms with Gasteiger partial charge < -0.3 is 5.11 Å². The molecule has 1 N–H and O–H groups in total. The van der Waals surface area contributed by atoms with Crippen LogP contribution in [0.5, 0.6) is 5.75 Å². The maximum absolute atomic E-state index is 12.8. The molecular formula is C16H11FN2OS. The first-order valence-corrected chi connectivity index (χ1v) is 7.08. The summed E-state index contributed by atoms with van der Waals surface area (Å²) in [6, 6.07) is 13.2. The first-order valence-electron chi connectivity index (χ1n) is 6.26. The molecule has 0 amide bonds. The lowest BCUT2D eigenvalue weighted by atomic mass is 10.2. The van der Waals surface area contributed by atoms with E-state index in [9.17, 15) is 9.50 Å². The molecule has 0 unspecified atom stereocenters. The minimum atomic E-state index is -0.275. The van der Waals surface area contributed by atoms with Crippen molar-refractivity contribution in [3.05, 3.63) is 66.1 Å². The zero-order valence-electron chi connectivity index (χ0n) is 10.9. The smallest absolute Gasteiger partial charge is 0.209 e. The Bertz CT molecular complexity index is 781. The average molecular weight is 298 g/mol. The monoisotopic (exact) mass is 298 g/mol. The molecule has 0 atom stereocenters. The highest BCUT2D eigenvalue weighted by molar-refractivity contribution is 7.18. The van der Waals surface area contributed by atoms with E-state index in [4.69, 9.17) is 0 Å². The fourth-order valence-electron chi connectivity index (χ4n) is 1.81. The number of aromatic nitrogens is 1. The number of rotatable bonds is 3. The van der Waals surface area contributed by atoms with Gasteiger partial charge in [-0.05, 0) is 29.8 Å². The van der Waals surface area contributed by atoms with Crippen LogP contribution in [0.15, 0.2) is 59.7 Å². The van der Waals surface area contributed by atoms with Crippen molar-refractivity contribution >= 4 is 22.7 Å². The Morgan fingerprint density at radius 2 is 1.86 bits per heavy atom. The number of nitrogens with zero attached hydrogens (tertiary/aromatic N) is 2. The van der Waals surface area contributed by atoms with Gasteiger partial charge in [-0.25, -0.2) is 14.4 Å². The standard InChI is InChI=1S/C16H11FN2OS/c17-12-7-5-11(6-8-12)9-18-16-19-10-15(21-16)13-3-1-2-4-14(13)20/h1-10,20H. The van der Waals surface area contributed by atoms with Crippen molar-refractivity contribution in [1.82, 2.24) is 4.98 Å². The summed E-state index contributed by atoms with van der Waals surface area (Å²) in [5, 5.41) is 10.4. The lowest BCUT2D eigenvalue weighted by molar-refractivity contribution is 0.477. The van der Waals surface area contributed by atoms with E-state index in [2.05, 4.69) is 9.98 Å². The van der Waals surface area contributed by atoms with Gasteiger partial charge >= 0.3 is 0 Å². The molecule has 0 aliphatic carbocycles. The fourth-order valence-corrected chi connectivity index (χ4v) is 2.61. The van der Waals surface area contributed by atoms with Crippen LogP contribution in [0.25, 0.3) is 10.4 Å². The largest absolute Gasteiger partial charge is 0.507 e. The van der Waals surface area contributed by atoms with E-state index in [-0.39, 0.29) is 11.6 Å². The SMILES string of the molecule is Oc1ccccc1-c1cnc(N=Cc2ccc(F)cc2)s1. The second-order valence-corrected chi connectivity index (χ2v) is 5.34. The summed E-state index contributed by atoms with van der Waals surface area (Å²) >= 11 is 1.38. The summed E-state index contributed by atoms with van der Waals surface area (Å²) in [7, 11) is 0. The topological polar surface area (TPSA) is 45.5 Å². The van der Waals surface area contributed by atoms with Crippen LogP contribution in [0.4, 0.5) is 9.52 Å². The molecule has 3 aromatic rings. The van der Waals surface area contributed by atoms with Crippen LogP contribution in [0, 0.1) is 5.82 Å². The molecule has 0 aliphatic heterocycles. The Morgan fingerprint density at radius 1 is 1.10 bits per heavy atom. The predicted octanol–water partition coefficient (Wildman–Crippen LogP) is 4.41. The van der Waals surface area contributed by atoms with Crippen molar-refractivity contribution in [2.24, 2.45) is 4.99 Å². The number of hydrogen-bond donors (Lipinski definition) is 1. The number of benzene rings is 2. The van der Waals surface area contributed by atoms with Gasteiger partial charge in [0.15, 0.2) is 0 Å². The molecule has 0 aliphatic rings. The fraction of sp³-hybridized carbons (Fsp3) is 0. The Balaban J connectivity index is 1.82. The number of phenols is 1. The van der Waals surface area contributed by atoms with E-state index in [0.29, 0.717) is 5.13 Å². The van der Waals surface area contributed by atoms with Gasteiger partial charge in [0.2, 0.25) is 5.13 Å². The summed E-state index contributed by atoms with van der Waals surface area (Å²) in [4.78, 5) is 9.31. The van der Waals surface area contributed by atoms with Crippen LogP contribution >= 0.6 is 11.3 Å². The number of aliphatic imine (C=N–C) groups is 1. The van der Waals surface area contributed by atoms with E-state index in [0.717, 1.165) is 16.0 Å². The zero-order valence-corrected chi connectivity index (χ0v) is 11.7. The Morgan fingerprint density at radius 3 is 2.62 bits per heavy atom. The average Bonchev–Trinajstić information content (AvgIpc) is 2.96. The normalized spacial score (nSPS) is 11.1. The highest BCUT2D eigenvalue weighted by Gasteiger charge is 2.07. The highest BCUT2D eigenvalue weighted by Crippen LogP contribution is 2.35. The molecule has 0 fully saturated rings. The van der Waals surface area contributed by atoms with Crippen LogP contribution in [0.3, 0.4) is 0 Å². The lowest BCUT2D eigenvalue weighted by Gasteiger charge is -1.98. The van der Waals surface area contributed by atoms with Gasteiger partial charge in [-0.15, -0.1) is 0 Å². The summed E-state index contributed by atoms with van der Waals surface area (Å²) in [5.41, 5.74) is 1.54. The maximum Gasteiger partial charge on any atom is 0.209 e. The third kappa shape index (κ3) is 3.14. The third-order valence-corrected chi connectivity index (χ3v) is 3.80. The minimum Gasteiger partial charge on any atom is -0.507 e. The molecule has 0 spiro atoms. The second-order valence-electron chi connectivity index (χ2n) is 4.33. The number of thiazole rings is 1. The molecule has 1 aromatic heterocycles. The Labute approximate surface area is 125 Å². The molecule has 0 saturated carbocycles. The molecule has 3 nitrogen and oxygen atoms in total. The molecule has 0 bridgehead atoms. The van der Waals surface area contributed by atoms with Crippen molar-refractivity contribution < 1.29 is 9.50 Å². The number of para-hydroxylation sites is 1. The van der Waals surface area contributed by atoms with Gasteiger partial charge in [0.1, 0.15) is 11.6 Å². The highest BCUT2D eigenvalue weighted by atomic mass is 32.1. The molecule has 3 rings (SSSR count). The van der Waals surface area contributed by atoms with Gasteiger partial charge in [-0.1, -0.05) is 35.6 Å². The summed E-state index contributed by atoms with van der Waals surface area (Å²) in [6.07, 6.45) is 3.31. The van der Waals surface area contributed by atoms with Crippen LogP contribution in [-0.2, 0) is 0 Å². The van der Waals surface area contributed by atoms with E-state index >= 15 is 0 Å². The molecule has 1 heterocycles. The van der Waals surface area contributed by atoms with Gasteiger partial charge in [0.05, 0.1) is 4.88 Å². The van der Waals surface area contributed by atoms with Gasteiger partial charge in [-0.3, -0.25) is 0 Å². The second kappa shape index (κ2) is 5.85. The lowest BCUT2D eigenvalue weighted by Crippen LogP contribution is -1.80. The number of aromatic hydroxyl groups is 1. The van der Waals surface area contributed by atoms with E-state index in [1.165, 1.54) is 23.5 Å². The van der Waals surface area contributed by atoms with Crippen LogP contribution in [-0.4, -0.2) is 16.3 Å². The number of halogens is 1. The van der Waals surface area contributed by atoms with Crippen LogP contribution < -0.4 is 0 Å². The first kappa shape index (κ1) is 13.5. The minimum absolute atomic E-state index is 0.218. The number of hydrogen-bond acceptors (Lipinski definition) is 4. The van der Waals surface area contributed by atoms with Crippen molar-refractivity contribution in [2.75, 3.05) is 0 Å². The predicted molar refractivity (Wildman–Crippen MR) is 82.9 cm³/mol. The van der Waals surface area contributed by atoms with Gasteiger partial charge in [-0.2, -0.15) is 0 Å². The van der Waals surface area contributed by atoms with E-state index < -0.39 is 0 Å². The third-order valence-electron chi connectivity index (χ3n) is 2.86. The molecule has 0 saturated heterocycles. The summed E-state index contributed by atoms with van der Waals surface area (Å²) in [6.45, 7) is 0. The van der Waals surface area contributed by atoms with Crippen molar-refractivity contribution in [3.63, 3.8) is 0 Å². The molecule has 21 heavy (non-hydrogen) atoms. The summed E-state index contributed by atoms with van der Waals surface area (Å²) < 4.78 is 12.8. The van der Waals surface area contributed by atoms with Crippen molar-refractivity contribution in [3.8, 4) is 16.2 Å². The van der Waals surface area contributed by atoms with E-state index in [1.54, 1.807) is 36.7 Å². The molecular weight excluding hydrogens is 287 g/mol. The molecule has 2 aromatic carbocycles. The summed E-state index contributed by atoms with van der Waals surface area (Å²) in [5.74, 6) is -0.0570. The Kier molecular flexibility index (Phi) is 3.75. The van der Waals surface area contributed by atoms with Crippen LogP contribution in [0.2, 0.25) is 0 Å². The van der Waals surface area contributed by atoms with E-state index in [1.807, 2.05) is 12.1 Å². The van der Waals surface area contributed by atoms with Crippen LogP contribution in [0.1, 0.15) is 5.56 Å². The van der Waals surface area contributed by atoms with Crippen molar-refractivity contribution in [2.45, 2.75) is 0 Å². The molecule has 5 heteroatoms. The molecule has 104 valence electrons. The van der Waals surface area contributed by atoms with Gasteiger partial charge in [0.25, 0.3) is 0 Å². The van der Waals surface area contributed by atoms with Gasteiger partial charge in [0, 0.05) is 18.0 Å². The maximum atomic E-state index is 12.8.